The van der Waals surface area contributed by atoms with E-state index in [0.29, 0.717) is 16.7 Å². The van der Waals surface area contributed by atoms with E-state index in [1.54, 1.807) is 43.3 Å². The fourth-order valence-corrected chi connectivity index (χ4v) is 4.49. The second kappa shape index (κ2) is 9.91. The van der Waals surface area contributed by atoms with E-state index in [9.17, 15) is 19.2 Å². The van der Waals surface area contributed by atoms with Crippen LogP contribution < -0.4 is 0 Å². The van der Waals surface area contributed by atoms with Crippen molar-refractivity contribution < 1.29 is 34.5 Å². The van der Waals surface area contributed by atoms with Gasteiger partial charge in [-0.25, -0.2) is 14.4 Å². The molecule has 0 saturated heterocycles. The fraction of sp³-hybridized carbons (Fsp3) is 0.0667. The number of aromatic carboxylic acids is 3. The molecule has 0 atom stereocenters. The Morgan fingerprint density at radius 3 is 1.70 bits per heavy atom. The van der Waals surface area contributed by atoms with Gasteiger partial charge in [-0.05, 0) is 77.6 Å². The minimum atomic E-state index is -1.01. The van der Waals surface area contributed by atoms with Crippen molar-refractivity contribution >= 4 is 23.7 Å². The molecule has 1 aliphatic carbocycles. The Balaban J connectivity index is 0.000000173. The maximum atomic E-state index is 12.2. The van der Waals surface area contributed by atoms with Crippen molar-refractivity contribution in [2.45, 2.75) is 13.8 Å². The average Bonchev–Trinajstić information content (AvgIpc) is 3.16. The Morgan fingerprint density at radius 2 is 1.11 bits per heavy atom. The third-order valence-electron chi connectivity index (χ3n) is 6.19. The summed E-state index contributed by atoms with van der Waals surface area (Å²) in [5, 5.41) is 27.1. The maximum Gasteiger partial charge on any atom is 0.336 e. The predicted octanol–water partition coefficient (Wildman–Crippen LogP) is 5.96. The van der Waals surface area contributed by atoms with Gasteiger partial charge in [0.05, 0.1) is 16.7 Å². The van der Waals surface area contributed by atoms with Crippen molar-refractivity contribution in [2.24, 2.45) is 0 Å². The van der Waals surface area contributed by atoms with Gasteiger partial charge in [-0.15, -0.1) is 0 Å². The predicted molar refractivity (Wildman–Crippen MR) is 138 cm³/mol. The summed E-state index contributed by atoms with van der Waals surface area (Å²) in [6.07, 6.45) is 0. The summed E-state index contributed by atoms with van der Waals surface area (Å²) >= 11 is 0. The van der Waals surface area contributed by atoms with Crippen LogP contribution in [0.2, 0.25) is 0 Å². The Morgan fingerprint density at radius 1 is 0.541 bits per heavy atom. The largest absolute Gasteiger partial charge is 0.478 e. The SMILES string of the molecule is Cc1cc(C(=O)O)cc2c1-c1ccccc1C2=O.Cc1cc(C(=O)O)ccc1-c1ccccc1C(=O)O. The number of hydrogen-bond donors (Lipinski definition) is 3. The first-order chi connectivity index (χ1) is 17.6. The quantitative estimate of drug-likeness (QED) is 0.281. The summed E-state index contributed by atoms with van der Waals surface area (Å²) in [6, 6.07) is 21.8. The lowest BCUT2D eigenvalue weighted by molar-refractivity contribution is 0.0686. The van der Waals surface area contributed by atoms with Crippen LogP contribution in [0.3, 0.4) is 0 Å². The molecule has 0 radical (unpaired) electrons. The smallest absolute Gasteiger partial charge is 0.336 e. The number of fused-ring (bicyclic) bond motifs is 3. The van der Waals surface area contributed by atoms with E-state index in [0.717, 1.165) is 27.8 Å². The molecule has 0 bridgehead atoms. The van der Waals surface area contributed by atoms with Gasteiger partial charge in [-0.2, -0.15) is 0 Å². The van der Waals surface area contributed by atoms with Crippen molar-refractivity contribution in [2.75, 3.05) is 0 Å². The zero-order chi connectivity index (χ0) is 26.9. The van der Waals surface area contributed by atoms with Crippen molar-refractivity contribution in [1.82, 2.24) is 0 Å². The molecule has 3 N–H and O–H groups in total. The number of aryl methyl sites for hydroxylation is 2. The number of carboxylic acid groups (broad SMARTS) is 3. The molecule has 7 heteroatoms. The highest BCUT2D eigenvalue weighted by molar-refractivity contribution is 6.22. The Labute approximate surface area is 212 Å². The van der Waals surface area contributed by atoms with E-state index >= 15 is 0 Å². The molecule has 5 rings (SSSR count). The standard InChI is InChI=1S/C15H12O4.C15H10O3/c1-9-8-10(14(16)17)6-7-11(9)12-4-2-3-5-13(12)15(18)19;1-8-6-9(15(17)18)7-12-13(8)10-4-2-3-5-11(10)14(12)16/h2-8H,1H3,(H,16,17)(H,18,19);2-7H,1H3,(H,17,18). The monoisotopic (exact) mass is 494 g/mol. The Kier molecular flexibility index (Phi) is 6.71. The number of ketones is 1. The van der Waals surface area contributed by atoms with Gasteiger partial charge in [-0.3, -0.25) is 4.79 Å². The lowest BCUT2D eigenvalue weighted by Crippen LogP contribution is -2.02. The van der Waals surface area contributed by atoms with Crippen molar-refractivity contribution in [3.63, 3.8) is 0 Å². The number of hydrogen-bond acceptors (Lipinski definition) is 4. The van der Waals surface area contributed by atoms with Crippen LogP contribution in [-0.4, -0.2) is 39.0 Å². The van der Waals surface area contributed by atoms with Gasteiger partial charge < -0.3 is 15.3 Å². The van der Waals surface area contributed by atoms with Crippen LogP contribution in [0, 0.1) is 13.8 Å². The number of carboxylic acids is 3. The lowest BCUT2D eigenvalue weighted by Gasteiger charge is -2.10. The molecule has 1 aliphatic rings. The van der Waals surface area contributed by atoms with E-state index in [2.05, 4.69) is 0 Å². The number of carbonyl (C=O) groups is 4. The van der Waals surface area contributed by atoms with Gasteiger partial charge >= 0.3 is 17.9 Å². The number of carbonyl (C=O) groups excluding carboxylic acids is 1. The van der Waals surface area contributed by atoms with E-state index in [-0.39, 0.29) is 22.5 Å². The summed E-state index contributed by atoms with van der Waals surface area (Å²) in [5.41, 5.74) is 6.32. The van der Waals surface area contributed by atoms with E-state index < -0.39 is 17.9 Å². The van der Waals surface area contributed by atoms with Gasteiger partial charge in [0, 0.05) is 11.1 Å². The molecular weight excluding hydrogens is 472 g/mol. The summed E-state index contributed by atoms with van der Waals surface area (Å²) < 4.78 is 0. The maximum absolute atomic E-state index is 12.2. The minimum absolute atomic E-state index is 0.0909. The molecule has 0 spiro atoms. The zero-order valence-corrected chi connectivity index (χ0v) is 20.0. The van der Waals surface area contributed by atoms with Gasteiger partial charge in [-0.1, -0.05) is 48.5 Å². The molecule has 4 aromatic rings. The molecule has 0 saturated carbocycles. The van der Waals surface area contributed by atoms with Crippen molar-refractivity contribution in [3.8, 4) is 22.3 Å². The highest BCUT2D eigenvalue weighted by Gasteiger charge is 2.28. The normalized spacial score (nSPS) is 11.1. The molecule has 37 heavy (non-hydrogen) atoms. The van der Waals surface area contributed by atoms with Crippen LogP contribution >= 0.6 is 0 Å². The molecule has 0 fully saturated rings. The van der Waals surface area contributed by atoms with Crippen LogP contribution in [0.4, 0.5) is 0 Å². The molecular formula is C30H22O7. The van der Waals surface area contributed by atoms with Crippen molar-refractivity contribution in [3.05, 3.63) is 118 Å². The molecule has 0 aromatic heterocycles. The van der Waals surface area contributed by atoms with Crippen LogP contribution in [-0.2, 0) is 0 Å². The molecule has 7 nitrogen and oxygen atoms in total. The van der Waals surface area contributed by atoms with Gasteiger partial charge in [0.2, 0.25) is 0 Å². The highest BCUT2D eigenvalue weighted by atomic mass is 16.4. The first-order valence-corrected chi connectivity index (χ1v) is 11.3. The first-order valence-electron chi connectivity index (χ1n) is 11.3. The fourth-order valence-electron chi connectivity index (χ4n) is 4.49. The number of rotatable bonds is 4. The van der Waals surface area contributed by atoms with E-state index in [4.69, 9.17) is 15.3 Å². The van der Waals surface area contributed by atoms with E-state index in [1.165, 1.54) is 24.3 Å². The average molecular weight is 494 g/mol. The molecule has 0 amide bonds. The highest BCUT2D eigenvalue weighted by Crippen LogP contribution is 2.39. The topological polar surface area (TPSA) is 129 Å². The van der Waals surface area contributed by atoms with Crippen LogP contribution in [0.5, 0.6) is 0 Å². The summed E-state index contributed by atoms with van der Waals surface area (Å²) in [6.45, 7) is 3.60. The second-order valence-corrected chi connectivity index (χ2v) is 8.58. The first kappa shape index (κ1) is 25.1. The third-order valence-corrected chi connectivity index (χ3v) is 6.19. The molecule has 4 aromatic carbocycles. The summed E-state index contributed by atoms with van der Waals surface area (Å²) in [4.78, 5) is 45.3. The van der Waals surface area contributed by atoms with Crippen LogP contribution in [0.15, 0.2) is 78.9 Å². The second-order valence-electron chi connectivity index (χ2n) is 8.58. The van der Waals surface area contributed by atoms with Gasteiger partial charge in [0.1, 0.15) is 0 Å². The zero-order valence-electron chi connectivity index (χ0n) is 20.0. The van der Waals surface area contributed by atoms with Crippen LogP contribution in [0.25, 0.3) is 22.3 Å². The third kappa shape index (κ3) is 4.75. The summed E-state index contributed by atoms with van der Waals surface area (Å²) in [5.74, 6) is -3.10. The Hall–Kier alpha value is -5.04. The van der Waals surface area contributed by atoms with Crippen LogP contribution in [0.1, 0.15) is 58.1 Å². The van der Waals surface area contributed by atoms with E-state index in [1.807, 2.05) is 25.1 Å². The van der Waals surface area contributed by atoms with Gasteiger partial charge in [0.25, 0.3) is 0 Å². The van der Waals surface area contributed by atoms with Crippen molar-refractivity contribution in [1.29, 1.82) is 0 Å². The molecule has 0 aliphatic heterocycles. The number of benzene rings is 4. The molecule has 0 heterocycles. The lowest BCUT2D eigenvalue weighted by atomic mass is 9.94. The summed E-state index contributed by atoms with van der Waals surface area (Å²) in [7, 11) is 0. The Bertz CT molecular complexity index is 1600. The van der Waals surface area contributed by atoms with Gasteiger partial charge in [0.15, 0.2) is 5.78 Å². The molecule has 0 unspecified atom stereocenters. The minimum Gasteiger partial charge on any atom is -0.478 e. The molecule has 184 valence electrons.